The predicted molar refractivity (Wildman–Crippen MR) is 94.5 cm³/mol. The Morgan fingerprint density at radius 1 is 1.24 bits per heavy atom. The summed E-state index contributed by atoms with van der Waals surface area (Å²) in [6.07, 6.45) is 0. The van der Waals surface area contributed by atoms with Gasteiger partial charge in [-0.1, -0.05) is 0 Å². The van der Waals surface area contributed by atoms with E-state index >= 15 is 0 Å². The Bertz CT molecular complexity index is 787. The number of carbonyl (C=O) groups is 2. The van der Waals surface area contributed by atoms with E-state index in [9.17, 15) is 9.59 Å². The van der Waals surface area contributed by atoms with Gasteiger partial charge in [0.05, 0.1) is 18.7 Å². The van der Waals surface area contributed by atoms with Crippen LogP contribution in [0.25, 0.3) is 0 Å². The van der Waals surface area contributed by atoms with Gasteiger partial charge >= 0.3 is 0 Å². The maximum atomic E-state index is 12.4. The van der Waals surface area contributed by atoms with Crippen LogP contribution in [0.1, 0.15) is 27.6 Å². The summed E-state index contributed by atoms with van der Waals surface area (Å²) in [6.45, 7) is 3.46. The first-order chi connectivity index (χ1) is 12.1. The minimum absolute atomic E-state index is 0.121. The summed E-state index contributed by atoms with van der Waals surface area (Å²) >= 11 is 0. The lowest BCUT2D eigenvalue weighted by Crippen LogP contribution is -2.27. The van der Waals surface area contributed by atoms with Crippen molar-refractivity contribution in [2.45, 2.75) is 6.92 Å². The number of fused-ring (bicyclic) bond motifs is 1. The van der Waals surface area contributed by atoms with Crippen molar-refractivity contribution in [1.29, 1.82) is 0 Å². The van der Waals surface area contributed by atoms with Gasteiger partial charge < -0.3 is 19.7 Å². The van der Waals surface area contributed by atoms with Crippen LogP contribution in [0.3, 0.4) is 0 Å². The van der Waals surface area contributed by atoms with Crippen molar-refractivity contribution in [3.8, 4) is 11.5 Å². The van der Waals surface area contributed by atoms with Gasteiger partial charge in [-0.05, 0) is 49.4 Å². The molecule has 0 fully saturated rings. The number of nitrogens with zero attached hydrogens (tertiary/aromatic N) is 1. The molecule has 6 heteroatoms. The second-order valence-corrected chi connectivity index (χ2v) is 5.70. The first kappa shape index (κ1) is 16.8. The highest BCUT2D eigenvalue weighted by atomic mass is 16.5. The summed E-state index contributed by atoms with van der Waals surface area (Å²) in [5.74, 6) is 0.881. The molecule has 1 aliphatic rings. The first-order valence-corrected chi connectivity index (χ1v) is 8.15. The summed E-state index contributed by atoms with van der Waals surface area (Å²) in [5, 5.41) is 2.81. The van der Waals surface area contributed by atoms with Gasteiger partial charge in [0.2, 0.25) is 0 Å². The molecule has 0 saturated carbocycles. The highest BCUT2D eigenvalue weighted by molar-refractivity contribution is 6.05. The van der Waals surface area contributed by atoms with Crippen LogP contribution in [0.2, 0.25) is 0 Å². The second-order valence-electron chi connectivity index (χ2n) is 5.70. The molecule has 0 atom stereocenters. The Morgan fingerprint density at radius 2 is 2.00 bits per heavy atom. The molecule has 0 aromatic heterocycles. The molecular weight excluding hydrogens is 320 g/mol. The van der Waals surface area contributed by atoms with E-state index in [2.05, 4.69) is 5.32 Å². The normalized spacial score (nSPS) is 13.5. The van der Waals surface area contributed by atoms with Gasteiger partial charge in [-0.3, -0.25) is 9.59 Å². The minimum Gasteiger partial charge on any atom is -0.494 e. The molecule has 1 N–H and O–H groups in total. The zero-order chi connectivity index (χ0) is 17.8. The molecule has 2 amide bonds. The molecule has 0 aliphatic carbocycles. The zero-order valence-electron chi connectivity index (χ0n) is 14.2. The third-order valence-corrected chi connectivity index (χ3v) is 3.93. The van der Waals surface area contributed by atoms with E-state index in [0.717, 1.165) is 5.75 Å². The van der Waals surface area contributed by atoms with Crippen molar-refractivity contribution >= 4 is 17.5 Å². The molecule has 0 radical (unpaired) electrons. The Morgan fingerprint density at radius 3 is 2.72 bits per heavy atom. The van der Waals surface area contributed by atoms with Crippen LogP contribution in [0.5, 0.6) is 11.5 Å². The molecule has 2 aromatic rings. The van der Waals surface area contributed by atoms with Gasteiger partial charge in [0.15, 0.2) is 0 Å². The third-order valence-electron chi connectivity index (χ3n) is 3.93. The molecular formula is C19H20N2O4. The van der Waals surface area contributed by atoms with Crippen molar-refractivity contribution < 1.29 is 19.1 Å². The molecule has 6 nitrogen and oxygen atoms in total. The van der Waals surface area contributed by atoms with Crippen molar-refractivity contribution in [1.82, 2.24) is 4.90 Å². The number of rotatable bonds is 4. The average Bonchev–Trinajstić information content (AvgIpc) is 2.75. The van der Waals surface area contributed by atoms with Crippen molar-refractivity contribution in [3.63, 3.8) is 0 Å². The smallest absolute Gasteiger partial charge is 0.257 e. The molecule has 25 heavy (non-hydrogen) atoms. The second kappa shape index (κ2) is 7.25. The summed E-state index contributed by atoms with van der Waals surface area (Å²) in [4.78, 5) is 26.4. The van der Waals surface area contributed by atoms with Gasteiger partial charge in [0.25, 0.3) is 11.8 Å². The largest absolute Gasteiger partial charge is 0.494 e. The van der Waals surface area contributed by atoms with Crippen LogP contribution in [0, 0.1) is 0 Å². The lowest BCUT2D eigenvalue weighted by molar-refractivity contribution is 0.0796. The summed E-state index contributed by atoms with van der Waals surface area (Å²) < 4.78 is 10.9. The minimum atomic E-state index is -0.252. The Hall–Kier alpha value is -3.02. The van der Waals surface area contributed by atoms with E-state index in [-0.39, 0.29) is 11.8 Å². The van der Waals surface area contributed by atoms with Crippen LogP contribution >= 0.6 is 0 Å². The predicted octanol–water partition coefficient (Wildman–Crippen LogP) is 2.80. The van der Waals surface area contributed by atoms with E-state index in [1.54, 1.807) is 54.4 Å². The Kier molecular flexibility index (Phi) is 4.88. The number of hydrogen-bond donors (Lipinski definition) is 1. The fourth-order valence-electron chi connectivity index (χ4n) is 2.57. The maximum absolute atomic E-state index is 12.4. The lowest BCUT2D eigenvalue weighted by atomic mass is 10.1. The number of ether oxygens (including phenoxy) is 2. The molecule has 0 unspecified atom stereocenters. The lowest BCUT2D eigenvalue weighted by Gasteiger charge is -2.13. The van der Waals surface area contributed by atoms with Crippen LogP contribution in [0.4, 0.5) is 5.69 Å². The topological polar surface area (TPSA) is 67.9 Å². The molecule has 1 heterocycles. The number of anilines is 1. The highest BCUT2D eigenvalue weighted by Crippen LogP contribution is 2.26. The van der Waals surface area contributed by atoms with E-state index in [0.29, 0.717) is 42.3 Å². The number of carbonyl (C=O) groups excluding carboxylic acids is 2. The zero-order valence-corrected chi connectivity index (χ0v) is 14.2. The fourth-order valence-corrected chi connectivity index (χ4v) is 2.57. The Balaban J connectivity index is 1.77. The highest BCUT2D eigenvalue weighted by Gasteiger charge is 2.21. The number of likely N-dealkylation sites (N-methyl/N-ethyl adjacent to an activating group) is 1. The molecule has 3 rings (SSSR count). The average molecular weight is 340 g/mol. The van der Waals surface area contributed by atoms with E-state index in [4.69, 9.17) is 9.47 Å². The van der Waals surface area contributed by atoms with E-state index < -0.39 is 0 Å². The number of amides is 2. The number of nitrogens with one attached hydrogen (secondary N) is 1. The number of hydrogen-bond acceptors (Lipinski definition) is 4. The van der Waals surface area contributed by atoms with Gasteiger partial charge in [-0.25, -0.2) is 0 Å². The molecule has 130 valence electrons. The van der Waals surface area contributed by atoms with Crippen molar-refractivity contribution in [2.75, 3.05) is 32.1 Å². The van der Waals surface area contributed by atoms with Crippen LogP contribution < -0.4 is 14.8 Å². The maximum Gasteiger partial charge on any atom is 0.257 e. The van der Waals surface area contributed by atoms with Gasteiger partial charge in [0, 0.05) is 18.3 Å². The van der Waals surface area contributed by atoms with Gasteiger partial charge in [0.1, 0.15) is 18.1 Å². The standard InChI is InChI=1S/C19H20N2O4/c1-3-24-15-7-4-13(5-8-15)18(22)20-14-6-9-17-16(12-14)19(23)21(2)10-11-25-17/h4-9,12H,3,10-11H2,1-2H3,(H,20,22). The van der Waals surface area contributed by atoms with E-state index in [1.165, 1.54) is 0 Å². The third kappa shape index (κ3) is 3.74. The quantitative estimate of drug-likeness (QED) is 0.929. The van der Waals surface area contributed by atoms with Crippen molar-refractivity contribution in [2.24, 2.45) is 0 Å². The monoisotopic (exact) mass is 340 g/mol. The first-order valence-electron chi connectivity index (χ1n) is 8.15. The van der Waals surface area contributed by atoms with Gasteiger partial charge in [-0.2, -0.15) is 0 Å². The molecule has 0 spiro atoms. The van der Waals surface area contributed by atoms with Crippen LogP contribution in [0.15, 0.2) is 42.5 Å². The summed E-state index contributed by atoms with van der Waals surface area (Å²) in [5.41, 5.74) is 1.51. The SMILES string of the molecule is CCOc1ccc(C(=O)Nc2ccc3c(c2)C(=O)N(C)CCO3)cc1. The Labute approximate surface area is 146 Å². The van der Waals surface area contributed by atoms with Gasteiger partial charge in [-0.15, -0.1) is 0 Å². The van der Waals surface area contributed by atoms with E-state index in [1.807, 2.05) is 6.92 Å². The molecule has 0 saturated heterocycles. The van der Waals surface area contributed by atoms with Crippen LogP contribution in [-0.2, 0) is 0 Å². The molecule has 1 aliphatic heterocycles. The fraction of sp³-hybridized carbons (Fsp3) is 0.263. The summed E-state index contributed by atoms with van der Waals surface area (Å²) in [7, 11) is 1.73. The summed E-state index contributed by atoms with van der Waals surface area (Å²) in [6, 6.07) is 12.0. The number of benzene rings is 2. The van der Waals surface area contributed by atoms with Crippen LogP contribution in [-0.4, -0.2) is 43.5 Å². The molecule has 0 bridgehead atoms. The molecule has 2 aromatic carbocycles. The van der Waals surface area contributed by atoms with Crippen molar-refractivity contribution in [3.05, 3.63) is 53.6 Å².